The van der Waals surface area contributed by atoms with Gasteiger partial charge in [0, 0.05) is 12.7 Å². The van der Waals surface area contributed by atoms with Crippen LogP contribution in [0.25, 0.3) is 0 Å². The molecule has 0 unspecified atom stereocenters. The molecule has 0 aliphatic carbocycles. The molecular formula is C13H19ClN2O2. The average molecular weight is 271 g/mol. The Morgan fingerprint density at radius 3 is 2.89 bits per heavy atom. The SMILES string of the molecule is CC[C@@H](C)[C@](C)(O)CNC(=O)c1cccnc1Cl. The molecule has 0 radical (unpaired) electrons. The van der Waals surface area contributed by atoms with Crippen LogP contribution < -0.4 is 5.32 Å². The normalized spacial score (nSPS) is 15.8. The van der Waals surface area contributed by atoms with Crippen molar-refractivity contribution < 1.29 is 9.90 Å². The molecule has 18 heavy (non-hydrogen) atoms. The molecule has 0 aromatic carbocycles. The summed E-state index contributed by atoms with van der Waals surface area (Å²) in [5, 5.41) is 13.0. The molecule has 1 aromatic rings. The Morgan fingerprint density at radius 1 is 1.67 bits per heavy atom. The fraction of sp³-hybridized carbons (Fsp3) is 0.538. The van der Waals surface area contributed by atoms with Crippen molar-refractivity contribution in [3.63, 3.8) is 0 Å². The number of hydrogen-bond acceptors (Lipinski definition) is 3. The van der Waals surface area contributed by atoms with Gasteiger partial charge in [0.2, 0.25) is 0 Å². The number of rotatable bonds is 5. The predicted molar refractivity (Wildman–Crippen MR) is 71.7 cm³/mol. The molecule has 2 atom stereocenters. The second-order valence-corrected chi connectivity index (χ2v) is 5.05. The highest BCUT2D eigenvalue weighted by molar-refractivity contribution is 6.32. The third-order valence-corrected chi connectivity index (χ3v) is 3.59. The lowest BCUT2D eigenvalue weighted by molar-refractivity contribution is 0.00592. The molecule has 5 heteroatoms. The third-order valence-electron chi connectivity index (χ3n) is 3.28. The highest BCUT2D eigenvalue weighted by atomic mass is 35.5. The molecule has 0 bridgehead atoms. The van der Waals surface area contributed by atoms with E-state index < -0.39 is 5.60 Å². The van der Waals surface area contributed by atoms with E-state index in [1.807, 2.05) is 13.8 Å². The minimum absolute atomic E-state index is 0.0992. The standard InChI is InChI=1S/C13H19ClN2O2/c1-4-9(2)13(3,18)8-16-12(17)10-6-5-7-15-11(10)14/h5-7,9,18H,4,8H2,1-3H3,(H,16,17)/t9-,13-/m1/s1. The number of carbonyl (C=O) groups excluding carboxylic acids is 1. The molecule has 1 rings (SSSR count). The summed E-state index contributed by atoms with van der Waals surface area (Å²) in [6.45, 7) is 5.85. The summed E-state index contributed by atoms with van der Waals surface area (Å²) in [4.78, 5) is 15.7. The van der Waals surface area contributed by atoms with Gasteiger partial charge in [0.25, 0.3) is 5.91 Å². The van der Waals surface area contributed by atoms with Gasteiger partial charge in [-0.15, -0.1) is 0 Å². The van der Waals surface area contributed by atoms with E-state index in [1.165, 1.54) is 6.20 Å². The monoisotopic (exact) mass is 270 g/mol. The molecule has 100 valence electrons. The van der Waals surface area contributed by atoms with Crippen molar-refractivity contribution in [1.29, 1.82) is 0 Å². The van der Waals surface area contributed by atoms with Crippen molar-refractivity contribution in [2.45, 2.75) is 32.8 Å². The van der Waals surface area contributed by atoms with Gasteiger partial charge in [-0.3, -0.25) is 4.79 Å². The zero-order valence-electron chi connectivity index (χ0n) is 10.9. The molecular weight excluding hydrogens is 252 g/mol. The van der Waals surface area contributed by atoms with Crippen LogP contribution in [-0.2, 0) is 0 Å². The maximum atomic E-state index is 11.9. The number of aliphatic hydroxyl groups is 1. The van der Waals surface area contributed by atoms with E-state index in [9.17, 15) is 9.90 Å². The Labute approximate surface area is 112 Å². The average Bonchev–Trinajstić information content (AvgIpc) is 2.35. The van der Waals surface area contributed by atoms with Gasteiger partial charge in [-0.05, 0) is 25.0 Å². The van der Waals surface area contributed by atoms with Crippen molar-refractivity contribution in [3.8, 4) is 0 Å². The van der Waals surface area contributed by atoms with Crippen LogP contribution in [0.2, 0.25) is 5.15 Å². The van der Waals surface area contributed by atoms with E-state index in [-0.39, 0.29) is 23.5 Å². The van der Waals surface area contributed by atoms with E-state index in [0.29, 0.717) is 5.56 Å². The molecule has 1 heterocycles. The van der Waals surface area contributed by atoms with Crippen LogP contribution in [0.1, 0.15) is 37.6 Å². The first kappa shape index (κ1) is 14.9. The van der Waals surface area contributed by atoms with Gasteiger partial charge < -0.3 is 10.4 Å². The number of nitrogens with zero attached hydrogens (tertiary/aromatic N) is 1. The first-order valence-corrected chi connectivity index (χ1v) is 6.37. The van der Waals surface area contributed by atoms with Gasteiger partial charge in [0.1, 0.15) is 5.15 Å². The van der Waals surface area contributed by atoms with E-state index in [2.05, 4.69) is 10.3 Å². The minimum atomic E-state index is -0.931. The quantitative estimate of drug-likeness (QED) is 0.807. The van der Waals surface area contributed by atoms with Gasteiger partial charge in [0.05, 0.1) is 11.2 Å². The van der Waals surface area contributed by atoms with Crippen LogP contribution in [0.4, 0.5) is 0 Å². The van der Waals surface area contributed by atoms with Gasteiger partial charge in [0.15, 0.2) is 0 Å². The number of aromatic nitrogens is 1. The summed E-state index contributed by atoms with van der Waals surface area (Å²) in [6.07, 6.45) is 2.37. The topological polar surface area (TPSA) is 62.2 Å². The second-order valence-electron chi connectivity index (χ2n) is 4.69. The maximum absolute atomic E-state index is 11.9. The number of hydrogen-bond donors (Lipinski definition) is 2. The maximum Gasteiger partial charge on any atom is 0.254 e. The molecule has 0 saturated heterocycles. The highest BCUT2D eigenvalue weighted by Gasteiger charge is 2.27. The number of nitrogens with one attached hydrogen (secondary N) is 1. The predicted octanol–water partition coefficient (Wildman–Crippen LogP) is 2.26. The van der Waals surface area contributed by atoms with Gasteiger partial charge in [-0.25, -0.2) is 4.98 Å². The summed E-state index contributed by atoms with van der Waals surface area (Å²) in [5.41, 5.74) is -0.613. The summed E-state index contributed by atoms with van der Waals surface area (Å²) in [7, 11) is 0. The number of pyridine rings is 1. The van der Waals surface area contributed by atoms with Crippen LogP contribution in [0.3, 0.4) is 0 Å². The summed E-state index contributed by atoms with van der Waals surface area (Å²) in [5.74, 6) is -0.223. The summed E-state index contributed by atoms with van der Waals surface area (Å²) < 4.78 is 0. The molecule has 0 spiro atoms. The lowest BCUT2D eigenvalue weighted by atomic mass is 9.88. The first-order chi connectivity index (χ1) is 8.38. The molecule has 1 amide bonds. The second kappa shape index (κ2) is 6.16. The largest absolute Gasteiger partial charge is 0.388 e. The number of carbonyl (C=O) groups is 1. The van der Waals surface area contributed by atoms with E-state index in [1.54, 1.807) is 19.1 Å². The molecule has 0 fully saturated rings. The Balaban J connectivity index is 2.65. The van der Waals surface area contributed by atoms with Gasteiger partial charge >= 0.3 is 0 Å². The Kier molecular flexibility index (Phi) is 5.11. The van der Waals surface area contributed by atoms with Crippen LogP contribution >= 0.6 is 11.6 Å². The zero-order valence-corrected chi connectivity index (χ0v) is 11.7. The smallest absolute Gasteiger partial charge is 0.254 e. The Hall–Kier alpha value is -1.13. The summed E-state index contributed by atoms with van der Waals surface area (Å²) >= 11 is 5.82. The fourth-order valence-electron chi connectivity index (χ4n) is 1.52. The van der Waals surface area contributed by atoms with Gasteiger partial charge in [-0.1, -0.05) is 31.9 Å². The van der Waals surface area contributed by atoms with Crippen molar-refractivity contribution in [2.24, 2.45) is 5.92 Å². The molecule has 0 aliphatic rings. The van der Waals surface area contributed by atoms with Crippen molar-refractivity contribution in [2.75, 3.05) is 6.54 Å². The molecule has 1 aromatic heterocycles. The van der Waals surface area contributed by atoms with Crippen molar-refractivity contribution in [3.05, 3.63) is 29.0 Å². The van der Waals surface area contributed by atoms with E-state index >= 15 is 0 Å². The molecule has 2 N–H and O–H groups in total. The van der Waals surface area contributed by atoms with Crippen LogP contribution in [-0.4, -0.2) is 28.1 Å². The first-order valence-electron chi connectivity index (χ1n) is 5.99. The van der Waals surface area contributed by atoms with E-state index in [0.717, 1.165) is 6.42 Å². The Bertz CT molecular complexity index is 421. The number of amides is 1. The van der Waals surface area contributed by atoms with Crippen LogP contribution in [0.5, 0.6) is 0 Å². The molecule has 4 nitrogen and oxygen atoms in total. The van der Waals surface area contributed by atoms with Crippen LogP contribution in [0, 0.1) is 5.92 Å². The summed E-state index contributed by atoms with van der Waals surface area (Å²) in [6, 6.07) is 3.25. The van der Waals surface area contributed by atoms with Crippen molar-refractivity contribution >= 4 is 17.5 Å². The third kappa shape index (κ3) is 3.68. The lowest BCUT2D eigenvalue weighted by Gasteiger charge is -2.29. The fourth-order valence-corrected chi connectivity index (χ4v) is 1.73. The highest BCUT2D eigenvalue weighted by Crippen LogP contribution is 2.19. The zero-order chi connectivity index (χ0) is 13.8. The molecule has 0 saturated carbocycles. The van der Waals surface area contributed by atoms with Crippen molar-refractivity contribution in [1.82, 2.24) is 10.3 Å². The minimum Gasteiger partial charge on any atom is -0.388 e. The lowest BCUT2D eigenvalue weighted by Crippen LogP contribution is -2.45. The van der Waals surface area contributed by atoms with Crippen LogP contribution in [0.15, 0.2) is 18.3 Å². The van der Waals surface area contributed by atoms with Gasteiger partial charge in [-0.2, -0.15) is 0 Å². The number of halogens is 1. The van der Waals surface area contributed by atoms with E-state index in [4.69, 9.17) is 11.6 Å². The Morgan fingerprint density at radius 2 is 2.33 bits per heavy atom. The molecule has 0 aliphatic heterocycles.